The molecule has 0 aliphatic carbocycles. The van der Waals surface area contributed by atoms with Gasteiger partial charge in [-0.3, -0.25) is 4.79 Å². The van der Waals surface area contributed by atoms with Crippen molar-refractivity contribution in [3.8, 4) is 5.75 Å². The van der Waals surface area contributed by atoms with E-state index in [4.69, 9.17) is 14.5 Å². The highest BCUT2D eigenvalue weighted by molar-refractivity contribution is 6.05. The molecule has 1 N–H and O–H groups in total. The van der Waals surface area contributed by atoms with E-state index in [-0.39, 0.29) is 5.91 Å². The van der Waals surface area contributed by atoms with Gasteiger partial charge in [0.1, 0.15) is 17.2 Å². The van der Waals surface area contributed by atoms with E-state index in [1.165, 1.54) is 0 Å². The summed E-state index contributed by atoms with van der Waals surface area (Å²) in [6.07, 6.45) is 7.30. The van der Waals surface area contributed by atoms with E-state index in [0.29, 0.717) is 23.0 Å². The molecule has 134 valence electrons. The molecule has 1 aliphatic heterocycles. The average molecular weight is 352 g/mol. The molecule has 0 unspecified atom stereocenters. The van der Waals surface area contributed by atoms with Gasteiger partial charge in [0.2, 0.25) is 0 Å². The lowest BCUT2D eigenvalue weighted by Gasteiger charge is -2.19. The van der Waals surface area contributed by atoms with Crippen LogP contribution in [-0.4, -0.2) is 40.6 Å². The summed E-state index contributed by atoms with van der Waals surface area (Å²) in [6, 6.07) is 7.14. The van der Waals surface area contributed by atoms with Gasteiger partial charge in [-0.05, 0) is 25.0 Å². The fourth-order valence-corrected chi connectivity index (χ4v) is 3.19. The summed E-state index contributed by atoms with van der Waals surface area (Å²) in [5.41, 5.74) is 2.22. The third-order valence-electron chi connectivity index (χ3n) is 4.58. The fourth-order valence-electron chi connectivity index (χ4n) is 3.19. The van der Waals surface area contributed by atoms with Crippen LogP contribution >= 0.6 is 0 Å². The summed E-state index contributed by atoms with van der Waals surface area (Å²) in [5.74, 6) is 1.09. The number of anilines is 1. The van der Waals surface area contributed by atoms with E-state index in [1.807, 2.05) is 16.7 Å². The number of hydrogen-bond acceptors (Lipinski definition) is 5. The first-order chi connectivity index (χ1) is 12.7. The molecule has 0 aromatic carbocycles. The van der Waals surface area contributed by atoms with E-state index in [2.05, 4.69) is 10.3 Å². The van der Waals surface area contributed by atoms with Gasteiger partial charge in [-0.2, -0.15) is 0 Å². The molecule has 0 bridgehead atoms. The van der Waals surface area contributed by atoms with Crippen LogP contribution in [-0.2, 0) is 4.74 Å². The van der Waals surface area contributed by atoms with Gasteiger partial charge in [-0.1, -0.05) is 6.07 Å². The number of ether oxygens (including phenoxy) is 2. The lowest BCUT2D eigenvalue weighted by molar-refractivity contribution is 0.0846. The third kappa shape index (κ3) is 3.25. The molecule has 1 fully saturated rings. The van der Waals surface area contributed by atoms with Gasteiger partial charge in [-0.15, -0.1) is 0 Å². The zero-order valence-electron chi connectivity index (χ0n) is 14.5. The molecule has 0 atom stereocenters. The topological polar surface area (TPSA) is 77.8 Å². The Labute approximate surface area is 151 Å². The van der Waals surface area contributed by atoms with Crippen LogP contribution in [0.4, 0.5) is 5.82 Å². The Morgan fingerprint density at radius 1 is 1.31 bits per heavy atom. The van der Waals surface area contributed by atoms with Crippen LogP contribution < -0.4 is 10.1 Å². The van der Waals surface area contributed by atoms with Crippen LogP contribution in [0.5, 0.6) is 5.75 Å². The summed E-state index contributed by atoms with van der Waals surface area (Å²) < 4.78 is 12.7. The van der Waals surface area contributed by atoms with Gasteiger partial charge in [-0.25, -0.2) is 9.97 Å². The van der Waals surface area contributed by atoms with Gasteiger partial charge in [0.25, 0.3) is 5.91 Å². The van der Waals surface area contributed by atoms with Gasteiger partial charge in [0.15, 0.2) is 0 Å². The van der Waals surface area contributed by atoms with Crippen LogP contribution in [0.1, 0.15) is 34.8 Å². The number of rotatable bonds is 4. The Bertz CT molecular complexity index is 917. The van der Waals surface area contributed by atoms with Gasteiger partial charge in [0.05, 0.1) is 18.4 Å². The number of fused-ring (bicyclic) bond motifs is 1. The number of carbonyl (C=O) groups excluding carboxylic acids is 1. The van der Waals surface area contributed by atoms with Crippen LogP contribution in [0.25, 0.3) is 5.65 Å². The van der Waals surface area contributed by atoms with Crippen molar-refractivity contribution < 1.29 is 14.3 Å². The zero-order valence-corrected chi connectivity index (χ0v) is 14.5. The minimum absolute atomic E-state index is 0.274. The molecule has 0 radical (unpaired) electrons. The number of carbonyl (C=O) groups is 1. The number of amides is 1. The predicted octanol–water partition coefficient (Wildman–Crippen LogP) is 2.88. The van der Waals surface area contributed by atoms with Gasteiger partial charge < -0.3 is 19.2 Å². The van der Waals surface area contributed by atoms with Crippen LogP contribution in [0.3, 0.4) is 0 Å². The van der Waals surface area contributed by atoms with Gasteiger partial charge >= 0.3 is 0 Å². The minimum atomic E-state index is -0.274. The summed E-state index contributed by atoms with van der Waals surface area (Å²) >= 11 is 0. The number of methoxy groups -OCH3 is 1. The Morgan fingerprint density at radius 2 is 2.15 bits per heavy atom. The smallest absolute Gasteiger partial charge is 0.262 e. The van der Waals surface area contributed by atoms with Crippen LogP contribution in [0, 0.1) is 0 Å². The highest BCUT2D eigenvalue weighted by Gasteiger charge is 2.21. The highest BCUT2D eigenvalue weighted by atomic mass is 16.5. The monoisotopic (exact) mass is 352 g/mol. The lowest BCUT2D eigenvalue weighted by atomic mass is 9.97. The Hall–Kier alpha value is -2.93. The highest BCUT2D eigenvalue weighted by Crippen LogP contribution is 2.28. The molecular formula is C19H20N4O3. The van der Waals surface area contributed by atoms with E-state index in [1.54, 1.807) is 37.7 Å². The number of pyridine rings is 2. The molecule has 0 spiro atoms. The molecule has 3 aromatic rings. The number of imidazole rings is 1. The maximum absolute atomic E-state index is 12.7. The summed E-state index contributed by atoms with van der Waals surface area (Å²) in [4.78, 5) is 21.5. The maximum Gasteiger partial charge on any atom is 0.262 e. The van der Waals surface area contributed by atoms with Crippen molar-refractivity contribution >= 4 is 17.4 Å². The van der Waals surface area contributed by atoms with Gasteiger partial charge in [0, 0.05) is 43.8 Å². The van der Waals surface area contributed by atoms with Crippen molar-refractivity contribution in [1.82, 2.24) is 14.4 Å². The Kier molecular flexibility index (Phi) is 4.53. The summed E-state index contributed by atoms with van der Waals surface area (Å²) in [6.45, 7) is 1.53. The zero-order chi connectivity index (χ0) is 17.9. The molecule has 26 heavy (non-hydrogen) atoms. The largest absolute Gasteiger partial charge is 0.496 e. The molecule has 7 heteroatoms. The lowest BCUT2D eigenvalue weighted by Crippen LogP contribution is -2.15. The first-order valence-corrected chi connectivity index (χ1v) is 8.61. The van der Waals surface area contributed by atoms with Crippen LogP contribution in [0.2, 0.25) is 0 Å². The quantitative estimate of drug-likeness (QED) is 0.781. The second-order valence-electron chi connectivity index (χ2n) is 6.24. The Morgan fingerprint density at radius 3 is 2.88 bits per heavy atom. The van der Waals surface area contributed by atoms with Crippen molar-refractivity contribution in [1.29, 1.82) is 0 Å². The maximum atomic E-state index is 12.7. The minimum Gasteiger partial charge on any atom is -0.496 e. The molecule has 0 saturated carbocycles. The molecule has 7 nitrogen and oxygen atoms in total. The molecule has 1 saturated heterocycles. The molecular weight excluding hydrogens is 332 g/mol. The second kappa shape index (κ2) is 7.13. The van der Waals surface area contributed by atoms with Crippen LogP contribution in [0.15, 0.2) is 42.9 Å². The van der Waals surface area contributed by atoms with Crippen molar-refractivity contribution in [3.63, 3.8) is 0 Å². The molecule has 1 amide bonds. The normalized spacial score (nSPS) is 15.1. The van der Waals surface area contributed by atoms with E-state index < -0.39 is 0 Å². The van der Waals surface area contributed by atoms with Crippen molar-refractivity contribution in [3.05, 3.63) is 54.1 Å². The standard InChI is InChI=1S/C19H20N4O3/c1-25-16-10-18-21-15(13-5-8-26-9-6-13)12-23(18)11-14(16)19(24)22-17-4-2-3-7-20-17/h2-4,7,10-13H,5-6,8-9H2,1H3,(H,20,22,24). The van der Waals surface area contributed by atoms with Crippen molar-refractivity contribution in [2.24, 2.45) is 0 Å². The number of nitrogens with zero attached hydrogens (tertiary/aromatic N) is 3. The average Bonchev–Trinajstić information content (AvgIpc) is 3.11. The van der Waals surface area contributed by atoms with E-state index >= 15 is 0 Å². The van der Waals surface area contributed by atoms with Crippen molar-refractivity contribution in [2.75, 3.05) is 25.6 Å². The third-order valence-corrected chi connectivity index (χ3v) is 4.58. The number of hydrogen-bond donors (Lipinski definition) is 1. The Balaban J connectivity index is 1.66. The fraction of sp³-hybridized carbons (Fsp3) is 0.316. The SMILES string of the molecule is COc1cc2nc(C3CCOCC3)cn2cc1C(=O)Nc1ccccn1. The summed E-state index contributed by atoms with van der Waals surface area (Å²) in [7, 11) is 1.55. The number of nitrogens with one attached hydrogen (secondary N) is 1. The number of aromatic nitrogens is 3. The summed E-state index contributed by atoms with van der Waals surface area (Å²) in [5, 5.41) is 2.79. The molecule has 3 aromatic heterocycles. The van der Waals surface area contributed by atoms with Crippen molar-refractivity contribution in [2.45, 2.75) is 18.8 Å². The first-order valence-electron chi connectivity index (χ1n) is 8.61. The van der Waals surface area contributed by atoms with E-state index in [0.717, 1.165) is 37.4 Å². The predicted molar refractivity (Wildman–Crippen MR) is 96.7 cm³/mol. The molecule has 4 heterocycles. The molecule has 4 rings (SSSR count). The van der Waals surface area contributed by atoms with E-state index in [9.17, 15) is 4.79 Å². The first kappa shape index (κ1) is 16.5. The second-order valence-corrected chi connectivity index (χ2v) is 6.24. The molecule has 1 aliphatic rings.